The monoisotopic (exact) mass is 294 g/mol. The number of carbonyl (C=O) groups is 2. The van der Waals surface area contributed by atoms with Gasteiger partial charge in [-0.1, -0.05) is 12.1 Å². The highest BCUT2D eigenvalue weighted by molar-refractivity contribution is 5.87. The molecule has 1 aromatic carbocycles. The fraction of sp³-hybridized carbons (Fsp3) is 0.467. The number of aromatic carboxylic acids is 1. The predicted molar refractivity (Wildman–Crippen MR) is 79.6 cm³/mol. The molecule has 2 amide bonds. The summed E-state index contributed by atoms with van der Waals surface area (Å²) < 4.78 is 4.94. The number of hydrogen-bond acceptors (Lipinski definition) is 3. The highest BCUT2D eigenvalue weighted by atomic mass is 16.5. The molecule has 0 aliphatic heterocycles. The molecule has 0 aliphatic carbocycles. The van der Waals surface area contributed by atoms with Crippen LogP contribution in [0.25, 0.3) is 0 Å². The third-order valence-electron chi connectivity index (χ3n) is 3.01. The lowest BCUT2D eigenvalue weighted by Gasteiger charge is -2.14. The molecule has 1 atom stereocenters. The SMILES string of the molecule is COCCC(C)NC(=O)NCCc1cccc(C(=O)O)c1. The second-order valence-electron chi connectivity index (χ2n) is 4.84. The van der Waals surface area contributed by atoms with Crippen molar-refractivity contribution in [1.29, 1.82) is 0 Å². The minimum atomic E-state index is -0.950. The van der Waals surface area contributed by atoms with Crippen LogP contribution < -0.4 is 10.6 Å². The Balaban J connectivity index is 2.31. The predicted octanol–water partition coefficient (Wildman–Crippen LogP) is 1.65. The lowest BCUT2D eigenvalue weighted by atomic mass is 10.1. The zero-order valence-corrected chi connectivity index (χ0v) is 12.4. The summed E-state index contributed by atoms with van der Waals surface area (Å²) in [4.78, 5) is 22.5. The summed E-state index contributed by atoms with van der Waals surface area (Å²) in [5.74, 6) is -0.950. The van der Waals surface area contributed by atoms with Gasteiger partial charge in [-0.2, -0.15) is 0 Å². The van der Waals surface area contributed by atoms with Gasteiger partial charge in [-0.3, -0.25) is 0 Å². The van der Waals surface area contributed by atoms with Gasteiger partial charge >= 0.3 is 12.0 Å². The second kappa shape index (κ2) is 8.97. The maximum atomic E-state index is 11.6. The van der Waals surface area contributed by atoms with Gasteiger partial charge in [0.25, 0.3) is 0 Å². The van der Waals surface area contributed by atoms with E-state index in [1.54, 1.807) is 25.3 Å². The molecule has 0 aromatic heterocycles. The molecule has 6 nitrogen and oxygen atoms in total. The molecule has 116 valence electrons. The smallest absolute Gasteiger partial charge is 0.335 e. The number of amides is 2. The Morgan fingerprint density at radius 2 is 2.14 bits per heavy atom. The van der Waals surface area contributed by atoms with Crippen molar-refractivity contribution in [3.05, 3.63) is 35.4 Å². The van der Waals surface area contributed by atoms with E-state index in [9.17, 15) is 9.59 Å². The highest BCUT2D eigenvalue weighted by Gasteiger charge is 2.07. The van der Waals surface area contributed by atoms with Crippen LogP contribution in [0.3, 0.4) is 0 Å². The van der Waals surface area contributed by atoms with Gasteiger partial charge < -0.3 is 20.5 Å². The number of rotatable bonds is 8. The van der Waals surface area contributed by atoms with Crippen molar-refractivity contribution in [2.45, 2.75) is 25.8 Å². The fourth-order valence-electron chi connectivity index (χ4n) is 1.82. The number of methoxy groups -OCH3 is 1. The van der Waals surface area contributed by atoms with E-state index in [0.717, 1.165) is 12.0 Å². The van der Waals surface area contributed by atoms with Crippen LogP contribution in [0.2, 0.25) is 0 Å². The van der Waals surface area contributed by atoms with E-state index in [2.05, 4.69) is 10.6 Å². The van der Waals surface area contributed by atoms with E-state index < -0.39 is 5.97 Å². The number of urea groups is 1. The number of ether oxygens (including phenoxy) is 1. The Labute approximate surface area is 124 Å². The lowest BCUT2D eigenvalue weighted by molar-refractivity contribution is 0.0696. The summed E-state index contributed by atoms with van der Waals surface area (Å²) in [7, 11) is 1.62. The van der Waals surface area contributed by atoms with Crippen molar-refractivity contribution in [1.82, 2.24) is 10.6 Å². The standard InChI is InChI=1S/C15H22N2O4/c1-11(7-9-21-2)17-15(20)16-8-6-12-4-3-5-13(10-12)14(18)19/h3-5,10-11H,6-9H2,1-2H3,(H,18,19)(H2,16,17,20). The quantitative estimate of drug-likeness (QED) is 0.680. The molecule has 0 radical (unpaired) electrons. The second-order valence-corrected chi connectivity index (χ2v) is 4.84. The summed E-state index contributed by atoms with van der Waals surface area (Å²) in [6, 6.07) is 6.51. The normalized spacial score (nSPS) is 11.7. The first-order valence-electron chi connectivity index (χ1n) is 6.88. The Bertz CT molecular complexity index is 476. The van der Waals surface area contributed by atoms with Crippen LogP contribution in [0.4, 0.5) is 4.79 Å². The minimum Gasteiger partial charge on any atom is -0.478 e. The summed E-state index contributed by atoms with van der Waals surface area (Å²) in [6.07, 6.45) is 1.34. The molecular formula is C15H22N2O4. The molecule has 1 unspecified atom stereocenters. The number of nitrogens with one attached hydrogen (secondary N) is 2. The summed E-state index contributed by atoms with van der Waals surface area (Å²) in [6.45, 7) is 2.96. The number of benzene rings is 1. The van der Waals surface area contributed by atoms with Gasteiger partial charge in [0.15, 0.2) is 0 Å². The first-order chi connectivity index (χ1) is 10.0. The number of carboxylic acids is 1. The Morgan fingerprint density at radius 1 is 1.38 bits per heavy atom. The molecular weight excluding hydrogens is 272 g/mol. The van der Waals surface area contributed by atoms with Gasteiger partial charge in [-0.05, 0) is 37.5 Å². The summed E-state index contributed by atoms with van der Waals surface area (Å²) in [5, 5.41) is 14.5. The first-order valence-corrected chi connectivity index (χ1v) is 6.88. The Hall–Kier alpha value is -2.08. The molecule has 1 aromatic rings. The minimum absolute atomic E-state index is 0.0419. The zero-order valence-electron chi connectivity index (χ0n) is 12.4. The van der Waals surface area contributed by atoms with Gasteiger partial charge in [-0.15, -0.1) is 0 Å². The van der Waals surface area contributed by atoms with Crippen LogP contribution >= 0.6 is 0 Å². The van der Waals surface area contributed by atoms with Crippen molar-refractivity contribution < 1.29 is 19.4 Å². The third-order valence-corrected chi connectivity index (χ3v) is 3.01. The first kappa shape index (κ1) is 17.0. The number of carbonyl (C=O) groups excluding carboxylic acids is 1. The van der Waals surface area contributed by atoms with Crippen LogP contribution in [-0.4, -0.2) is 43.4 Å². The number of hydrogen-bond donors (Lipinski definition) is 3. The average Bonchev–Trinajstić information content (AvgIpc) is 2.45. The van der Waals surface area contributed by atoms with Gasteiger partial charge in [0.05, 0.1) is 5.56 Å². The topological polar surface area (TPSA) is 87.7 Å². The molecule has 0 saturated heterocycles. The molecule has 0 bridgehead atoms. The van der Waals surface area contributed by atoms with Crippen molar-refractivity contribution in [3.63, 3.8) is 0 Å². The number of carboxylic acid groups (broad SMARTS) is 1. The largest absolute Gasteiger partial charge is 0.478 e. The van der Waals surface area contributed by atoms with Crippen molar-refractivity contribution in [2.75, 3.05) is 20.3 Å². The van der Waals surface area contributed by atoms with Crippen LogP contribution in [0.1, 0.15) is 29.3 Å². The van der Waals surface area contributed by atoms with Gasteiger partial charge in [0, 0.05) is 26.3 Å². The fourth-order valence-corrected chi connectivity index (χ4v) is 1.82. The van der Waals surface area contributed by atoms with E-state index >= 15 is 0 Å². The molecule has 0 aliphatic rings. The van der Waals surface area contributed by atoms with E-state index in [1.807, 2.05) is 13.0 Å². The van der Waals surface area contributed by atoms with Crippen LogP contribution in [0.15, 0.2) is 24.3 Å². The van der Waals surface area contributed by atoms with Gasteiger partial charge in [0.2, 0.25) is 0 Å². The molecule has 21 heavy (non-hydrogen) atoms. The summed E-state index contributed by atoms with van der Waals surface area (Å²) in [5.41, 5.74) is 1.13. The van der Waals surface area contributed by atoms with Gasteiger partial charge in [-0.25, -0.2) is 9.59 Å². The molecule has 0 heterocycles. The summed E-state index contributed by atoms with van der Waals surface area (Å²) >= 11 is 0. The lowest BCUT2D eigenvalue weighted by Crippen LogP contribution is -2.41. The van der Waals surface area contributed by atoms with Gasteiger partial charge in [0.1, 0.15) is 0 Å². The molecule has 0 saturated carbocycles. The molecule has 1 rings (SSSR count). The van der Waals surface area contributed by atoms with E-state index in [4.69, 9.17) is 9.84 Å². The van der Waals surface area contributed by atoms with Crippen LogP contribution in [0.5, 0.6) is 0 Å². The third kappa shape index (κ3) is 6.76. The Kier molecular flexibility index (Phi) is 7.25. The molecule has 3 N–H and O–H groups in total. The van der Waals surface area contributed by atoms with E-state index in [1.165, 1.54) is 0 Å². The van der Waals surface area contributed by atoms with E-state index in [0.29, 0.717) is 19.6 Å². The maximum Gasteiger partial charge on any atom is 0.335 e. The molecule has 0 spiro atoms. The average molecular weight is 294 g/mol. The van der Waals surface area contributed by atoms with E-state index in [-0.39, 0.29) is 17.6 Å². The molecule has 6 heteroatoms. The van der Waals surface area contributed by atoms with Crippen molar-refractivity contribution in [3.8, 4) is 0 Å². The zero-order chi connectivity index (χ0) is 15.7. The maximum absolute atomic E-state index is 11.6. The Morgan fingerprint density at radius 3 is 2.81 bits per heavy atom. The van der Waals surface area contributed by atoms with Crippen molar-refractivity contribution in [2.24, 2.45) is 0 Å². The van der Waals surface area contributed by atoms with Crippen LogP contribution in [0, 0.1) is 0 Å². The van der Waals surface area contributed by atoms with Crippen LogP contribution in [-0.2, 0) is 11.2 Å². The van der Waals surface area contributed by atoms with Crippen molar-refractivity contribution >= 4 is 12.0 Å². The molecule has 0 fully saturated rings. The highest BCUT2D eigenvalue weighted by Crippen LogP contribution is 2.05.